The molecule has 27 heavy (non-hydrogen) atoms. The maximum absolute atomic E-state index is 11.2. The molecule has 0 spiro atoms. The standard InChI is InChI=1S/C23H26ClNO2/c1-15(19-4-2-3-5-21(19)24)17-6-8-20-18(14-17)7-9-22(20)25-12-10-16(11-13-25)23(26)27/h2-6,8,14-16,22H,7,9-13H2,1H3,(H,26,27). The lowest BCUT2D eigenvalue weighted by molar-refractivity contribution is -0.143. The fraction of sp³-hybridized carbons (Fsp3) is 0.435. The molecule has 4 rings (SSSR count). The van der Waals surface area contributed by atoms with Crippen LogP contribution in [0.5, 0.6) is 0 Å². The van der Waals surface area contributed by atoms with Gasteiger partial charge in [0.2, 0.25) is 0 Å². The summed E-state index contributed by atoms with van der Waals surface area (Å²) >= 11 is 6.40. The van der Waals surface area contributed by atoms with Crippen molar-refractivity contribution in [1.29, 1.82) is 0 Å². The Bertz CT molecular complexity index is 842. The van der Waals surface area contributed by atoms with Crippen molar-refractivity contribution in [2.24, 2.45) is 5.92 Å². The molecule has 2 aromatic rings. The molecule has 0 aromatic heterocycles. The van der Waals surface area contributed by atoms with Crippen molar-refractivity contribution in [3.8, 4) is 0 Å². The number of rotatable bonds is 4. The van der Waals surface area contributed by atoms with Crippen molar-refractivity contribution in [2.45, 2.75) is 44.6 Å². The highest BCUT2D eigenvalue weighted by atomic mass is 35.5. The predicted molar refractivity (Wildman–Crippen MR) is 108 cm³/mol. The van der Waals surface area contributed by atoms with E-state index in [1.54, 1.807) is 0 Å². The molecule has 2 atom stereocenters. The van der Waals surface area contributed by atoms with Crippen molar-refractivity contribution in [1.82, 2.24) is 4.90 Å². The normalized spacial score (nSPS) is 21.8. The molecule has 3 nitrogen and oxygen atoms in total. The quantitative estimate of drug-likeness (QED) is 0.781. The van der Waals surface area contributed by atoms with Gasteiger partial charge in [0, 0.05) is 17.0 Å². The third-order valence-corrected chi connectivity index (χ3v) is 6.75. The molecule has 1 saturated heterocycles. The molecule has 0 saturated carbocycles. The topological polar surface area (TPSA) is 40.5 Å². The molecule has 0 radical (unpaired) electrons. The molecule has 0 amide bonds. The van der Waals surface area contributed by atoms with Crippen LogP contribution >= 0.6 is 11.6 Å². The van der Waals surface area contributed by atoms with E-state index in [0.717, 1.165) is 43.8 Å². The van der Waals surface area contributed by atoms with E-state index in [9.17, 15) is 9.90 Å². The summed E-state index contributed by atoms with van der Waals surface area (Å²) in [5.41, 5.74) is 5.35. The fourth-order valence-electron chi connectivity index (χ4n) is 4.73. The molecule has 4 heteroatoms. The number of likely N-dealkylation sites (tertiary alicyclic amines) is 1. The number of benzene rings is 2. The zero-order valence-electron chi connectivity index (χ0n) is 15.7. The lowest BCUT2D eigenvalue weighted by atomic mass is 9.90. The maximum Gasteiger partial charge on any atom is 0.306 e. The second-order valence-electron chi connectivity index (χ2n) is 7.90. The van der Waals surface area contributed by atoms with Crippen molar-refractivity contribution >= 4 is 17.6 Å². The summed E-state index contributed by atoms with van der Waals surface area (Å²) in [5, 5.41) is 10.0. The minimum atomic E-state index is -0.639. The minimum Gasteiger partial charge on any atom is -0.481 e. The minimum absolute atomic E-state index is 0.166. The van der Waals surface area contributed by atoms with Crippen LogP contribution in [0.2, 0.25) is 5.02 Å². The van der Waals surface area contributed by atoms with Crippen molar-refractivity contribution in [3.63, 3.8) is 0 Å². The Labute approximate surface area is 166 Å². The predicted octanol–water partition coefficient (Wildman–Crippen LogP) is 5.28. The molecule has 1 fully saturated rings. The van der Waals surface area contributed by atoms with Crippen LogP contribution in [0.1, 0.15) is 60.4 Å². The second-order valence-corrected chi connectivity index (χ2v) is 8.31. The molecule has 2 aromatic carbocycles. The van der Waals surface area contributed by atoms with Crippen LogP contribution in [0.3, 0.4) is 0 Å². The van der Waals surface area contributed by atoms with Gasteiger partial charge in [0.15, 0.2) is 0 Å². The average molecular weight is 384 g/mol. The van der Waals surface area contributed by atoms with E-state index in [1.165, 1.54) is 22.3 Å². The first-order valence-electron chi connectivity index (χ1n) is 9.88. The Hall–Kier alpha value is -1.84. The van der Waals surface area contributed by atoms with E-state index >= 15 is 0 Å². The number of nitrogens with zero attached hydrogens (tertiary/aromatic N) is 1. The largest absolute Gasteiger partial charge is 0.481 e. The number of hydrogen-bond acceptors (Lipinski definition) is 2. The van der Waals surface area contributed by atoms with Crippen molar-refractivity contribution < 1.29 is 9.90 Å². The lowest BCUT2D eigenvalue weighted by Crippen LogP contribution is -2.38. The molecule has 2 unspecified atom stereocenters. The SMILES string of the molecule is CC(c1ccc2c(c1)CCC2N1CCC(C(=O)O)CC1)c1ccccc1Cl. The van der Waals surface area contributed by atoms with Crippen molar-refractivity contribution in [2.75, 3.05) is 13.1 Å². The molecular formula is C23H26ClNO2. The van der Waals surface area contributed by atoms with E-state index < -0.39 is 5.97 Å². The summed E-state index contributed by atoms with van der Waals surface area (Å²) in [6, 6.07) is 15.4. The van der Waals surface area contributed by atoms with Crippen LogP contribution in [0.15, 0.2) is 42.5 Å². The van der Waals surface area contributed by atoms with Gasteiger partial charge in [-0.3, -0.25) is 9.69 Å². The number of carboxylic acid groups (broad SMARTS) is 1. The van der Waals surface area contributed by atoms with Crippen LogP contribution in [0.25, 0.3) is 0 Å². The molecule has 0 bridgehead atoms. The third kappa shape index (κ3) is 3.63. The first kappa shape index (κ1) is 18.5. The maximum atomic E-state index is 11.2. The van der Waals surface area contributed by atoms with Gasteiger partial charge < -0.3 is 5.11 Å². The zero-order valence-corrected chi connectivity index (χ0v) is 16.5. The van der Waals surface area contributed by atoms with Gasteiger partial charge in [0.1, 0.15) is 0 Å². The summed E-state index contributed by atoms with van der Waals surface area (Å²) in [7, 11) is 0. The van der Waals surface area contributed by atoms with Gasteiger partial charge in [0.25, 0.3) is 0 Å². The number of carbonyl (C=O) groups is 1. The van der Waals surface area contributed by atoms with Gasteiger partial charge in [-0.05, 0) is 67.1 Å². The molecular weight excluding hydrogens is 358 g/mol. The number of aryl methyl sites for hydroxylation is 1. The van der Waals surface area contributed by atoms with Gasteiger partial charge in [-0.25, -0.2) is 0 Å². The lowest BCUT2D eigenvalue weighted by Gasteiger charge is -2.35. The van der Waals surface area contributed by atoms with Gasteiger partial charge >= 0.3 is 5.97 Å². The van der Waals surface area contributed by atoms with Crippen LogP contribution in [-0.2, 0) is 11.2 Å². The number of aliphatic carboxylic acids is 1. The molecule has 1 heterocycles. The Morgan fingerprint density at radius 3 is 2.59 bits per heavy atom. The Balaban J connectivity index is 1.51. The molecule has 1 aliphatic heterocycles. The number of hydrogen-bond donors (Lipinski definition) is 1. The van der Waals surface area contributed by atoms with E-state index in [4.69, 9.17) is 11.6 Å². The average Bonchev–Trinajstić information content (AvgIpc) is 3.11. The van der Waals surface area contributed by atoms with E-state index in [2.05, 4.69) is 36.1 Å². The summed E-state index contributed by atoms with van der Waals surface area (Å²) in [6.07, 6.45) is 3.77. The first-order valence-corrected chi connectivity index (χ1v) is 10.3. The fourth-order valence-corrected chi connectivity index (χ4v) is 5.03. The first-order chi connectivity index (χ1) is 13.0. The van der Waals surface area contributed by atoms with Gasteiger partial charge in [-0.2, -0.15) is 0 Å². The van der Waals surface area contributed by atoms with Crippen LogP contribution in [0, 0.1) is 5.92 Å². The summed E-state index contributed by atoms with van der Waals surface area (Å²) in [5.74, 6) is -0.532. The number of carboxylic acids is 1. The number of halogens is 1. The highest BCUT2D eigenvalue weighted by molar-refractivity contribution is 6.31. The molecule has 2 aliphatic rings. The number of fused-ring (bicyclic) bond motifs is 1. The monoisotopic (exact) mass is 383 g/mol. The third-order valence-electron chi connectivity index (χ3n) is 6.40. The Kier molecular flexibility index (Phi) is 5.25. The Morgan fingerprint density at radius 2 is 1.89 bits per heavy atom. The smallest absolute Gasteiger partial charge is 0.306 e. The van der Waals surface area contributed by atoms with E-state index in [1.807, 2.05) is 18.2 Å². The number of piperidine rings is 1. The molecule has 1 N–H and O–H groups in total. The van der Waals surface area contributed by atoms with E-state index in [-0.39, 0.29) is 11.8 Å². The van der Waals surface area contributed by atoms with E-state index in [0.29, 0.717) is 6.04 Å². The van der Waals surface area contributed by atoms with Crippen LogP contribution in [-0.4, -0.2) is 29.1 Å². The van der Waals surface area contributed by atoms with Crippen LogP contribution < -0.4 is 0 Å². The second kappa shape index (κ2) is 7.65. The summed E-state index contributed by atoms with van der Waals surface area (Å²) in [4.78, 5) is 13.7. The van der Waals surface area contributed by atoms with Gasteiger partial charge in [-0.1, -0.05) is 54.9 Å². The highest BCUT2D eigenvalue weighted by Crippen LogP contribution is 2.40. The van der Waals surface area contributed by atoms with Crippen molar-refractivity contribution in [3.05, 3.63) is 69.7 Å². The molecule has 1 aliphatic carbocycles. The van der Waals surface area contributed by atoms with Crippen LogP contribution in [0.4, 0.5) is 0 Å². The zero-order chi connectivity index (χ0) is 19.0. The summed E-state index contributed by atoms with van der Waals surface area (Å²) in [6.45, 7) is 3.99. The van der Waals surface area contributed by atoms with Gasteiger partial charge in [-0.15, -0.1) is 0 Å². The van der Waals surface area contributed by atoms with Gasteiger partial charge in [0.05, 0.1) is 5.92 Å². The summed E-state index contributed by atoms with van der Waals surface area (Å²) < 4.78 is 0. The highest BCUT2D eigenvalue weighted by Gasteiger charge is 2.32. The Morgan fingerprint density at radius 1 is 1.15 bits per heavy atom. The molecule has 142 valence electrons.